The molecule has 1 unspecified atom stereocenters. The number of nitrogens with zero attached hydrogens (tertiary/aromatic N) is 3. The summed E-state index contributed by atoms with van der Waals surface area (Å²) in [6.07, 6.45) is 3.89. The van der Waals surface area contributed by atoms with E-state index >= 15 is 0 Å². The van der Waals surface area contributed by atoms with E-state index in [2.05, 4.69) is 127 Å². The Morgan fingerprint density at radius 3 is 2.26 bits per heavy atom. The molecule has 0 aliphatic heterocycles. The van der Waals surface area contributed by atoms with Gasteiger partial charge in [-0.1, -0.05) is 93.0 Å². The molecule has 0 fully saturated rings. The largest absolute Gasteiger partial charge is 0.486 e. The topological polar surface area (TPSA) is 51.8 Å². The van der Waals surface area contributed by atoms with Crippen molar-refractivity contribution in [2.45, 2.75) is 46.3 Å². The van der Waals surface area contributed by atoms with Crippen LogP contribution >= 0.6 is 0 Å². The van der Waals surface area contributed by atoms with Crippen LogP contribution in [0.1, 0.15) is 35.2 Å². The zero-order valence-electron chi connectivity index (χ0n) is 27.1. The Kier molecular flexibility index (Phi) is 10.1. The van der Waals surface area contributed by atoms with Gasteiger partial charge in [-0.15, -0.1) is 53.6 Å². The molecule has 0 aliphatic carbocycles. The summed E-state index contributed by atoms with van der Waals surface area (Å²) in [4.78, 5) is 13.7. The summed E-state index contributed by atoms with van der Waals surface area (Å²) in [7, 11) is -1.24. The maximum absolute atomic E-state index is 6.12. The third-order valence-corrected chi connectivity index (χ3v) is 10.2. The van der Waals surface area contributed by atoms with Gasteiger partial charge in [0.2, 0.25) is 5.71 Å². The molecule has 1 radical (unpaired) electrons. The molecule has 4 nitrogen and oxygen atoms in total. The van der Waals surface area contributed by atoms with Crippen LogP contribution in [-0.2, 0) is 20.1 Å². The van der Waals surface area contributed by atoms with Crippen molar-refractivity contribution in [3.05, 3.63) is 144 Å². The van der Waals surface area contributed by atoms with E-state index in [1.165, 1.54) is 21.9 Å². The van der Waals surface area contributed by atoms with E-state index in [9.17, 15) is 0 Å². The Labute approximate surface area is 286 Å². The summed E-state index contributed by atoms with van der Waals surface area (Å²) in [5.41, 5.74) is 9.91. The van der Waals surface area contributed by atoms with Gasteiger partial charge in [-0.05, 0) is 52.8 Å². The molecule has 7 aromatic rings. The first-order valence-corrected chi connectivity index (χ1v) is 18.8. The van der Waals surface area contributed by atoms with Crippen LogP contribution in [0.25, 0.3) is 44.6 Å². The predicted octanol–water partition coefficient (Wildman–Crippen LogP) is 9.70. The fraction of sp³-hybridized carbons (Fsp3) is 0.175. The minimum absolute atomic E-state index is 0. The van der Waals surface area contributed by atoms with Crippen LogP contribution in [0, 0.1) is 26.0 Å². The van der Waals surface area contributed by atoms with Crippen LogP contribution in [0.4, 0.5) is 0 Å². The first kappa shape index (κ1) is 33.1. The Morgan fingerprint density at radius 1 is 0.761 bits per heavy atom. The molecule has 0 aliphatic rings. The van der Waals surface area contributed by atoms with Crippen LogP contribution in [0.15, 0.2) is 114 Å². The van der Waals surface area contributed by atoms with Gasteiger partial charge < -0.3 is 14.4 Å². The molecule has 4 aromatic heterocycles. The molecule has 0 spiro atoms. The van der Waals surface area contributed by atoms with E-state index in [1.807, 2.05) is 49.6 Å². The van der Waals surface area contributed by atoms with Crippen molar-refractivity contribution in [3.8, 4) is 22.5 Å². The zero-order valence-corrected chi connectivity index (χ0v) is 30.4. The molecule has 46 heavy (non-hydrogen) atoms. The number of benzene rings is 3. The molecular weight excluding hydrogens is 759 g/mol. The van der Waals surface area contributed by atoms with Crippen molar-refractivity contribution in [1.29, 1.82) is 0 Å². The standard InChI is InChI=1S/C25H19N2O.C15H18NSi.Ir/c1-16-11-12-21-20-9-6-10-22(24(20)28-25(21)27-16)23-15-19(13-14-26-23)17(2)18-7-4-3-5-8-18;1-12-5-7-13(8-6-12)15-10-9-14(11-16-15)17(2,3)4;/h3-9,11-15,17H,1-2H3;5-7,9-11H,1-4H3;/q2*-1;. The first-order valence-electron chi connectivity index (χ1n) is 15.3. The van der Waals surface area contributed by atoms with Crippen molar-refractivity contribution < 1.29 is 24.5 Å². The number of rotatable bonds is 5. The van der Waals surface area contributed by atoms with Gasteiger partial charge in [-0.3, -0.25) is 0 Å². The number of fused-ring (bicyclic) bond motifs is 3. The second kappa shape index (κ2) is 14.0. The predicted molar refractivity (Wildman–Crippen MR) is 189 cm³/mol. The van der Waals surface area contributed by atoms with Crippen molar-refractivity contribution >= 4 is 35.3 Å². The van der Waals surface area contributed by atoms with Gasteiger partial charge in [0.05, 0.1) is 13.7 Å². The SMILES string of the molecule is Cc1c[c-]c(-c2ccc([Si](C)(C)C)cn2)cc1.Cc1ccc2c(n1)oc1c(-c3cc(C(C)c4ccccc4)ccn3)[c-]ccc12.[Ir]. The minimum atomic E-state index is -1.24. The summed E-state index contributed by atoms with van der Waals surface area (Å²) in [5.74, 6) is 0.280. The molecule has 0 amide bonds. The van der Waals surface area contributed by atoms with Crippen molar-refractivity contribution in [1.82, 2.24) is 15.0 Å². The second-order valence-corrected chi connectivity index (χ2v) is 17.6. The Morgan fingerprint density at radius 2 is 1.57 bits per heavy atom. The smallest absolute Gasteiger partial charge is 0.216 e. The first-order chi connectivity index (χ1) is 21.7. The summed E-state index contributed by atoms with van der Waals surface area (Å²) in [6.45, 7) is 13.3. The summed E-state index contributed by atoms with van der Waals surface area (Å²) >= 11 is 0. The fourth-order valence-corrected chi connectivity index (χ4v) is 6.39. The summed E-state index contributed by atoms with van der Waals surface area (Å²) in [5, 5.41) is 3.46. The molecule has 0 N–H and O–H groups in total. The van der Waals surface area contributed by atoms with E-state index in [4.69, 9.17) is 4.42 Å². The average molecular weight is 796 g/mol. The number of aryl methyl sites for hydroxylation is 2. The van der Waals surface area contributed by atoms with Crippen LogP contribution in [0.2, 0.25) is 19.6 Å². The number of aromatic nitrogens is 3. The van der Waals surface area contributed by atoms with Gasteiger partial charge in [0.25, 0.3) is 0 Å². The van der Waals surface area contributed by atoms with Crippen LogP contribution < -0.4 is 5.19 Å². The molecule has 0 bridgehead atoms. The normalized spacial score (nSPS) is 11.9. The molecular formula is C40H37IrN3OSi-2. The Bertz CT molecular complexity index is 2070. The number of furan rings is 1. The van der Waals surface area contributed by atoms with E-state index < -0.39 is 8.07 Å². The third-order valence-electron chi connectivity index (χ3n) is 8.15. The maximum atomic E-state index is 6.12. The van der Waals surface area contributed by atoms with Crippen LogP contribution in [0.5, 0.6) is 0 Å². The van der Waals surface area contributed by atoms with E-state index in [1.54, 1.807) is 0 Å². The molecule has 0 saturated heterocycles. The van der Waals surface area contributed by atoms with Crippen LogP contribution in [-0.4, -0.2) is 23.0 Å². The van der Waals surface area contributed by atoms with Crippen molar-refractivity contribution in [3.63, 3.8) is 0 Å². The van der Waals surface area contributed by atoms with Gasteiger partial charge in [0.1, 0.15) is 0 Å². The van der Waals surface area contributed by atoms with Crippen molar-refractivity contribution in [2.24, 2.45) is 0 Å². The zero-order chi connectivity index (χ0) is 31.6. The fourth-order valence-electron chi connectivity index (χ4n) is 5.35. The van der Waals surface area contributed by atoms with Gasteiger partial charge in [-0.2, -0.15) is 0 Å². The average Bonchev–Trinajstić information content (AvgIpc) is 3.43. The summed E-state index contributed by atoms with van der Waals surface area (Å²) < 4.78 is 6.12. The van der Waals surface area contributed by atoms with Gasteiger partial charge in [0, 0.05) is 49.5 Å². The molecule has 0 saturated carbocycles. The monoisotopic (exact) mass is 796 g/mol. The molecule has 1 atom stereocenters. The second-order valence-electron chi connectivity index (χ2n) is 12.6. The minimum Gasteiger partial charge on any atom is -0.486 e. The molecule has 4 heterocycles. The Hall–Kier alpha value is -4.22. The quantitative estimate of drug-likeness (QED) is 0.129. The van der Waals surface area contributed by atoms with Gasteiger partial charge >= 0.3 is 0 Å². The molecule has 7 rings (SSSR count). The van der Waals surface area contributed by atoms with E-state index in [0.717, 1.165) is 44.6 Å². The summed E-state index contributed by atoms with van der Waals surface area (Å²) in [6, 6.07) is 39.8. The molecule has 233 valence electrons. The van der Waals surface area contributed by atoms with E-state index in [-0.39, 0.29) is 26.0 Å². The number of pyridine rings is 3. The number of hydrogen-bond acceptors (Lipinski definition) is 4. The number of hydrogen-bond donors (Lipinski definition) is 0. The Balaban J connectivity index is 0.000000200. The van der Waals surface area contributed by atoms with Gasteiger partial charge in [-0.25, -0.2) is 4.98 Å². The third kappa shape index (κ3) is 7.26. The molecule has 6 heteroatoms. The molecule has 3 aromatic carbocycles. The van der Waals surface area contributed by atoms with Crippen LogP contribution in [0.3, 0.4) is 0 Å². The van der Waals surface area contributed by atoms with E-state index in [0.29, 0.717) is 5.71 Å². The maximum Gasteiger partial charge on any atom is 0.216 e. The van der Waals surface area contributed by atoms with Crippen molar-refractivity contribution in [2.75, 3.05) is 0 Å². The van der Waals surface area contributed by atoms with Gasteiger partial charge in [0.15, 0.2) is 0 Å².